The molecule has 1 heterocycles. The predicted molar refractivity (Wildman–Crippen MR) is 68.9 cm³/mol. The molecule has 17 heavy (non-hydrogen) atoms. The zero-order valence-corrected chi connectivity index (χ0v) is 11.3. The second kappa shape index (κ2) is 7.50. The molecule has 3 N–H and O–H groups in total. The van der Waals surface area contributed by atoms with Crippen molar-refractivity contribution in [2.75, 3.05) is 13.1 Å². The highest BCUT2D eigenvalue weighted by molar-refractivity contribution is 5.89. The summed E-state index contributed by atoms with van der Waals surface area (Å²) in [6.45, 7) is 4.92. The molecule has 5 nitrogen and oxygen atoms in total. The van der Waals surface area contributed by atoms with Gasteiger partial charge in [-0.15, -0.1) is 12.4 Å². The van der Waals surface area contributed by atoms with Crippen molar-refractivity contribution in [1.82, 2.24) is 10.2 Å². The van der Waals surface area contributed by atoms with Crippen molar-refractivity contribution in [3.8, 4) is 0 Å². The van der Waals surface area contributed by atoms with Crippen molar-refractivity contribution in [3.05, 3.63) is 0 Å². The van der Waals surface area contributed by atoms with Crippen LogP contribution >= 0.6 is 12.4 Å². The van der Waals surface area contributed by atoms with E-state index in [4.69, 9.17) is 5.73 Å². The number of likely N-dealkylation sites (tertiary alicyclic amines) is 1. The van der Waals surface area contributed by atoms with Crippen LogP contribution in [0.15, 0.2) is 0 Å². The quantitative estimate of drug-likeness (QED) is 0.768. The van der Waals surface area contributed by atoms with Crippen molar-refractivity contribution in [2.45, 2.75) is 45.2 Å². The average Bonchev–Trinajstić information content (AvgIpc) is 2.28. The van der Waals surface area contributed by atoms with Gasteiger partial charge in [0.15, 0.2) is 0 Å². The van der Waals surface area contributed by atoms with Gasteiger partial charge in [0.05, 0.1) is 6.04 Å². The second-order valence-electron chi connectivity index (χ2n) is 4.40. The van der Waals surface area contributed by atoms with Gasteiger partial charge in [-0.3, -0.25) is 9.59 Å². The first-order chi connectivity index (χ1) is 7.52. The molecule has 1 rings (SSSR count). The number of piperidine rings is 1. The van der Waals surface area contributed by atoms with E-state index in [-0.39, 0.29) is 24.2 Å². The Labute approximate surface area is 109 Å². The molecule has 1 saturated heterocycles. The Morgan fingerprint density at radius 2 is 1.71 bits per heavy atom. The number of halogens is 1. The van der Waals surface area contributed by atoms with Gasteiger partial charge in [0.25, 0.3) is 0 Å². The lowest BCUT2D eigenvalue weighted by Crippen LogP contribution is -2.51. The molecule has 2 amide bonds. The Bertz CT molecular complexity index is 265. The number of nitrogens with zero attached hydrogens (tertiary/aromatic N) is 1. The number of hydrogen-bond acceptors (Lipinski definition) is 3. The summed E-state index contributed by atoms with van der Waals surface area (Å²) in [6, 6.07) is -1.05. The van der Waals surface area contributed by atoms with Gasteiger partial charge in [0.1, 0.15) is 6.04 Å². The number of carbonyl (C=O) groups excluding carboxylic acids is 2. The van der Waals surface area contributed by atoms with E-state index in [1.807, 2.05) is 4.90 Å². The predicted octanol–water partition coefficient (Wildman–Crippen LogP) is 0.273. The van der Waals surface area contributed by atoms with Gasteiger partial charge in [-0.05, 0) is 33.1 Å². The van der Waals surface area contributed by atoms with Crippen molar-refractivity contribution < 1.29 is 9.59 Å². The highest BCUT2D eigenvalue weighted by Gasteiger charge is 2.23. The molecule has 1 fully saturated rings. The normalized spacial score (nSPS) is 18.9. The van der Waals surface area contributed by atoms with Crippen LogP contribution in [0.4, 0.5) is 0 Å². The Hall–Kier alpha value is -0.810. The fourth-order valence-corrected chi connectivity index (χ4v) is 1.79. The first kappa shape index (κ1) is 16.2. The fraction of sp³-hybridized carbons (Fsp3) is 0.818. The number of amides is 2. The van der Waals surface area contributed by atoms with E-state index in [1.165, 1.54) is 6.42 Å². The van der Waals surface area contributed by atoms with E-state index in [9.17, 15) is 9.59 Å². The standard InChI is InChI=1S/C11H21N3O2.ClH/c1-8(12)10(15)13-9(2)11(16)14-6-4-3-5-7-14;/h8-9H,3-7,12H2,1-2H3,(H,13,15);1H. The lowest BCUT2D eigenvalue weighted by Gasteiger charge is -2.29. The fourth-order valence-electron chi connectivity index (χ4n) is 1.79. The Kier molecular flexibility index (Phi) is 7.15. The number of rotatable bonds is 3. The minimum Gasteiger partial charge on any atom is -0.343 e. The summed E-state index contributed by atoms with van der Waals surface area (Å²) in [6.07, 6.45) is 3.30. The second-order valence-corrected chi connectivity index (χ2v) is 4.40. The smallest absolute Gasteiger partial charge is 0.244 e. The van der Waals surface area contributed by atoms with E-state index in [1.54, 1.807) is 13.8 Å². The molecule has 2 unspecified atom stereocenters. The number of nitrogens with one attached hydrogen (secondary N) is 1. The van der Waals surface area contributed by atoms with Crippen LogP contribution in [0, 0.1) is 0 Å². The Morgan fingerprint density at radius 3 is 2.18 bits per heavy atom. The summed E-state index contributed by atoms with van der Waals surface area (Å²) in [5, 5.41) is 2.62. The molecule has 0 aromatic rings. The molecule has 0 aromatic carbocycles. The van der Waals surface area contributed by atoms with E-state index in [0.717, 1.165) is 25.9 Å². The van der Waals surface area contributed by atoms with Crippen molar-refractivity contribution in [2.24, 2.45) is 5.73 Å². The van der Waals surface area contributed by atoms with Crippen LogP contribution in [-0.2, 0) is 9.59 Å². The minimum atomic E-state index is -0.573. The minimum absolute atomic E-state index is 0. The lowest BCUT2D eigenvalue weighted by atomic mass is 10.1. The number of hydrogen-bond donors (Lipinski definition) is 2. The zero-order valence-electron chi connectivity index (χ0n) is 10.4. The van der Waals surface area contributed by atoms with Crippen molar-refractivity contribution in [3.63, 3.8) is 0 Å². The lowest BCUT2D eigenvalue weighted by molar-refractivity contribution is -0.136. The van der Waals surface area contributed by atoms with E-state index >= 15 is 0 Å². The molecule has 1 aliphatic heterocycles. The van der Waals surface area contributed by atoms with Gasteiger partial charge < -0.3 is 16.0 Å². The molecule has 0 aromatic heterocycles. The van der Waals surface area contributed by atoms with E-state index in [0.29, 0.717) is 0 Å². The van der Waals surface area contributed by atoms with E-state index in [2.05, 4.69) is 5.32 Å². The summed E-state index contributed by atoms with van der Waals surface area (Å²) in [5.41, 5.74) is 5.43. The summed E-state index contributed by atoms with van der Waals surface area (Å²) in [4.78, 5) is 25.1. The largest absolute Gasteiger partial charge is 0.343 e. The van der Waals surface area contributed by atoms with Gasteiger partial charge >= 0.3 is 0 Å². The van der Waals surface area contributed by atoms with Crippen LogP contribution in [-0.4, -0.2) is 41.9 Å². The molecule has 0 bridgehead atoms. The van der Waals surface area contributed by atoms with Crippen LogP contribution < -0.4 is 11.1 Å². The van der Waals surface area contributed by atoms with Crippen LogP contribution in [0.1, 0.15) is 33.1 Å². The van der Waals surface area contributed by atoms with Crippen molar-refractivity contribution in [1.29, 1.82) is 0 Å². The molecule has 0 aliphatic carbocycles. The molecule has 6 heteroatoms. The first-order valence-electron chi connectivity index (χ1n) is 5.87. The Morgan fingerprint density at radius 1 is 1.18 bits per heavy atom. The molecule has 100 valence electrons. The first-order valence-corrected chi connectivity index (χ1v) is 5.87. The molecule has 0 spiro atoms. The van der Waals surface area contributed by atoms with E-state index < -0.39 is 12.1 Å². The SMILES string of the molecule is CC(N)C(=O)NC(C)C(=O)N1CCCCC1.Cl. The maximum absolute atomic E-state index is 11.9. The number of carbonyl (C=O) groups is 2. The molecular formula is C11H22ClN3O2. The summed E-state index contributed by atoms with van der Waals surface area (Å²) >= 11 is 0. The van der Waals surface area contributed by atoms with Gasteiger partial charge in [0, 0.05) is 13.1 Å². The zero-order chi connectivity index (χ0) is 12.1. The molecular weight excluding hydrogens is 242 g/mol. The van der Waals surface area contributed by atoms with Crippen molar-refractivity contribution >= 4 is 24.2 Å². The highest BCUT2D eigenvalue weighted by Crippen LogP contribution is 2.09. The molecule has 0 saturated carbocycles. The summed E-state index contributed by atoms with van der Waals surface area (Å²) < 4.78 is 0. The monoisotopic (exact) mass is 263 g/mol. The van der Waals surface area contributed by atoms with Crippen LogP contribution in [0.5, 0.6) is 0 Å². The topological polar surface area (TPSA) is 75.4 Å². The van der Waals surface area contributed by atoms with Crippen LogP contribution in [0.2, 0.25) is 0 Å². The van der Waals surface area contributed by atoms with Gasteiger partial charge in [-0.1, -0.05) is 0 Å². The highest BCUT2D eigenvalue weighted by atomic mass is 35.5. The third-order valence-corrected chi connectivity index (χ3v) is 2.81. The third kappa shape index (κ3) is 4.91. The summed E-state index contributed by atoms with van der Waals surface area (Å²) in [5.74, 6) is -0.286. The number of nitrogens with two attached hydrogens (primary N) is 1. The average molecular weight is 264 g/mol. The third-order valence-electron chi connectivity index (χ3n) is 2.81. The Balaban J connectivity index is 0.00000256. The summed E-state index contributed by atoms with van der Waals surface area (Å²) in [7, 11) is 0. The van der Waals surface area contributed by atoms with Gasteiger partial charge in [0.2, 0.25) is 11.8 Å². The molecule has 0 radical (unpaired) electrons. The maximum Gasteiger partial charge on any atom is 0.244 e. The molecule has 1 aliphatic rings. The maximum atomic E-state index is 11.9. The van der Waals surface area contributed by atoms with Crippen LogP contribution in [0.3, 0.4) is 0 Å². The molecule has 2 atom stereocenters. The van der Waals surface area contributed by atoms with Gasteiger partial charge in [-0.25, -0.2) is 0 Å². The van der Waals surface area contributed by atoms with Crippen LogP contribution in [0.25, 0.3) is 0 Å². The van der Waals surface area contributed by atoms with Gasteiger partial charge in [-0.2, -0.15) is 0 Å².